The van der Waals surface area contributed by atoms with Crippen molar-refractivity contribution >= 4 is 18.5 Å². The first-order chi connectivity index (χ1) is 3.70. The van der Waals surface area contributed by atoms with E-state index in [2.05, 4.69) is 17.9 Å². The summed E-state index contributed by atoms with van der Waals surface area (Å²) in [7, 11) is 0. The number of carbonyl (C=O) groups is 1. The Balaban J connectivity index is 2.73. The largest absolute Gasteiger partial charge is 0.345 e. The van der Waals surface area contributed by atoms with E-state index in [0.717, 1.165) is 4.91 Å². The summed E-state index contributed by atoms with van der Waals surface area (Å²) in [5, 5.41) is 2.66. The Kier molecular flexibility index (Phi) is 1.29. The second kappa shape index (κ2) is 1.82. The molecule has 1 rings (SSSR count). The Morgan fingerprint density at radius 1 is 1.88 bits per heavy atom. The maximum atomic E-state index is 10.4. The van der Waals surface area contributed by atoms with Crippen LogP contribution in [0.3, 0.4) is 0 Å². The first kappa shape index (κ1) is 5.69. The quantitative estimate of drug-likeness (QED) is 0.453. The third kappa shape index (κ3) is 0.865. The zero-order valence-electron chi connectivity index (χ0n) is 4.51. The zero-order chi connectivity index (χ0) is 6.15. The van der Waals surface area contributed by atoms with Crippen LogP contribution in [0.15, 0.2) is 11.0 Å². The van der Waals surface area contributed by atoms with Crippen LogP contribution in [0.4, 0.5) is 0 Å². The van der Waals surface area contributed by atoms with Crippen molar-refractivity contribution in [3.05, 3.63) is 11.0 Å². The zero-order valence-corrected chi connectivity index (χ0v) is 5.40. The molecule has 0 aromatic carbocycles. The number of carbonyl (C=O) groups excluding carboxylic acids is 1. The first-order valence-corrected chi connectivity index (χ1v) is 2.86. The van der Waals surface area contributed by atoms with E-state index in [0.29, 0.717) is 0 Å². The molecule has 8 heavy (non-hydrogen) atoms. The average molecular weight is 129 g/mol. The topological polar surface area (TPSA) is 29.1 Å². The number of amides is 1. The van der Waals surface area contributed by atoms with Gasteiger partial charge in [-0.15, -0.1) is 12.6 Å². The molecule has 1 aliphatic heterocycles. The third-order valence-electron chi connectivity index (χ3n) is 1.08. The van der Waals surface area contributed by atoms with Gasteiger partial charge in [0.2, 0.25) is 5.91 Å². The van der Waals surface area contributed by atoms with Crippen molar-refractivity contribution in [2.24, 2.45) is 0 Å². The van der Waals surface area contributed by atoms with Crippen molar-refractivity contribution in [2.45, 2.75) is 13.0 Å². The molecule has 0 spiro atoms. The molecule has 0 saturated heterocycles. The average Bonchev–Trinajstić information content (AvgIpc) is 1.85. The fourth-order valence-electron chi connectivity index (χ4n) is 0.588. The molecule has 2 nitrogen and oxygen atoms in total. The molecule has 1 aliphatic rings. The molecule has 1 N–H and O–H groups in total. The Hall–Kier alpha value is -0.440. The molecule has 0 radical (unpaired) electrons. The summed E-state index contributed by atoms with van der Waals surface area (Å²) in [6, 6.07) is 0.117. The van der Waals surface area contributed by atoms with Gasteiger partial charge in [-0.05, 0) is 6.92 Å². The highest BCUT2D eigenvalue weighted by atomic mass is 32.1. The molecule has 0 saturated carbocycles. The van der Waals surface area contributed by atoms with Crippen LogP contribution in [0.25, 0.3) is 0 Å². The second-order valence-corrected chi connectivity index (χ2v) is 2.32. The minimum atomic E-state index is -0.0394. The number of nitrogens with one attached hydrogen (secondary N) is 1. The first-order valence-electron chi connectivity index (χ1n) is 2.41. The molecule has 0 aromatic heterocycles. The molecule has 0 fully saturated rings. The molecule has 1 heterocycles. The van der Waals surface area contributed by atoms with E-state index in [1.54, 1.807) is 0 Å². The summed E-state index contributed by atoms with van der Waals surface area (Å²) in [5.41, 5.74) is 0. The van der Waals surface area contributed by atoms with Crippen LogP contribution in [-0.4, -0.2) is 11.9 Å². The van der Waals surface area contributed by atoms with Gasteiger partial charge in [0, 0.05) is 11.0 Å². The van der Waals surface area contributed by atoms with Gasteiger partial charge in [-0.3, -0.25) is 4.79 Å². The summed E-state index contributed by atoms with van der Waals surface area (Å²) < 4.78 is 0. The van der Waals surface area contributed by atoms with E-state index in [1.807, 2.05) is 6.92 Å². The highest BCUT2D eigenvalue weighted by Gasteiger charge is 2.14. The summed E-state index contributed by atoms with van der Waals surface area (Å²) in [6.07, 6.45) is 1.49. The van der Waals surface area contributed by atoms with Gasteiger partial charge < -0.3 is 5.32 Å². The molecule has 44 valence electrons. The minimum Gasteiger partial charge on any atom is -0.345 e. The standard InChI is InChI=1S/C5H7NOS/c1-3-4(8)2-5(7)6-3/h2-3,8H,1H3,(H,6,7)/t3-/m1/s1. The SMILES string of the molecule is C[C@H]1NC(=O)C=C1S. The van der Waals surface area contributed by atoms with E-state index in [9.17, 15) is 4.79 Å². The Morgan fingerprint density at radius 3 is 2.62 bits per heavy atom. The van der Waals surface area contributed by atoms with Gasteiger partial charge in [0.25, 0.3) is 0 Å². The van der Waals surface area contributed by atoms with Crippen LogP contribution in [0.5, 0.6) is 0 Å². The van der Waals surface area contributed by atoms with Gasteiger partial charge in [-0.1, -0.05) is 0 Å². The van der Waals surface area contributed by atoms with E-state index in [-0.39, 0.29) is 11.9 Å². The van der Waals surface area contributed by atoms with Crippen LogP contribution in [0.2, 0.25) is 0 Å². The maximum absolute atomic E-state index is 10.4. The van der Waals surface area contributed by atoms with Gasteiger partial charge in [0.05, 0.1) is 6.04 Å². The Morgan fingerprint density at radius 2 is 2.50 bits per heavy atom. The van der Waals surface area contributed by atoms with Crippen LogP contribution in [0, 0.1) is 0 Å². The molecule has 0 unspecified atom stereocenters. The smallest absolute Gasteiger partial charge is 0.245 e. The fourth-order valence-corrected chi connectivity index (χ4v) is 0.770. The molecule has 1 amide bonds. The third-order valence-corrected chi connectivity index (χ3v) is 1.60. The normalized spacial score (nSPS) is 27.5. The second-order valence-electron chi connectivity index (χ2n) is 1.80. The van der Waals surface area contributed by atoms with Crippen molar-refractivity contribution in [1.29, 1.82) is 0 Å². The summed E-state index contributed by atoms with van der Waals surface area (Å²) in [4.78, 5) is 11.2. The molecular weight excluding hydrogens is 122 g/mol. The maximum Gasteiger partial charge on any atom is 0.245 e. The van der Waals surface area contributed by atoms with E-state index < -0.39 is 0 Å². The van der Waals surface area contributed by atoms with Crippen molar-refractivity contribution < 1.29 is 4.79 Å². The van der Waals surface area contributed by atoms with Gasteiger partial charge in [-0.25, -0.2) is 0 Å². The van der Waals surface area contributed by atoms with Gasteiger partial charge >= 0.3 is 0 Å². The van der Waals surface area contributed by atoms with Crippen molar-refractivity contribution in [1.82, 2.24) is 5.32 Å². The highest BCUT2D eigenvalue weighted by Crippen LogP contribution is 2.11. The van der Waals surface area contributed by atoms with Gasteiger partial charge in [0.15, 0.2) is 0 Å². The predicted octanol–water partition coefficient (Wildman–Crippen LogP) is 0.318. The summed E-state index contributed by atoms with van der Waals surface area (Å²) in [5.74, 6) is -0.0394. The molecule has 0 aliphatic carbocycles. The lowest BCUT2D eigenvalue weighted by atomic mass is 10.4. The highest BCUT2D eigenvalue weighted by molar-refractivity contribution is 7.84. The lowest BCUT2D eigenvalue weighted by Crippen LogP contribution is -2.23. The minimum absolute atomic E-state index is 0.0394. The molecule has 0 bridgehead atoms. The molecule has 0 aromatic rings. The van der Waals surface area contributed by atoms with Gasteiger partial charge in [-0.2, -0.15) is 0 Å². The van der Waals surface area contributed by atoms with E-state index >= 15 is 0 Å². The van der Waals surface area contributed by atoms with Crippen molar-refractivity contribution in [3.8, 4) is 0 Å². The Labute approximate surface area is 53.4 Å². The lowest BCUT2D eigenvalue weighted by Gasteiger charge is -2.00. The van der Waals surface area contributed by atoms with Crippen LogP contribution < -0.4 is 5.32 Å². The summed E-state index contributed by atoms with van der Waals surface area (Å²) in [6.45, 7) is 1.89. The molecule has 1 atom stereocenters. The van der Waals surface area contributed by atoms with Crippen LogP contribution >= 0.6 is 12.6 Å². The van der Waals surface area contributed by atoms with Gasteiger partial charge in [0.1, 0.15) is 0 Å². The summed E-state index contributed by atoms with van der Waals surface area (Å²) >= 11 is 4.02. The van der Waals surface area contributed by atoms with Crippen LogP contribution in [-0.2, 0) is 4.79 Å². The number of thiol groups is 1. The molecular formula is C5H7NOS. The van der Waals surface area contributed by atoms with Crippen molar-refractivity contribution in [2.75, 3.05) is 0 Å². The van der Waals surface area contributed by atoms with Crippen molar-refractivity contribution in [3.63, 3.8) is 0 Å². The predicted molar refractivity (Wildman–Crippen MR) is 34.7 cm³/mol. The molecule has 3 heteroatoms. The number of hydrogen-bond donors (Lipinski definition) is 2. The monoisotopic (exact) mass is 129 g/mol. The van der Waals surface area contributed by atoms with E-state index in [1.165, 1.54) is 6.08 Å². The van der Waals surface area contributed by atoms with E-state index in [4.69, 9.17) is 0 Å². The lowest BCUT2D eigenvalue weighted by molar-refractivity contribution is -0.116. The number of hydrogen-bond acceptors (Lipinski definition) is 2. The fraction of sp³-hybridized carbons (Fsp3) is 0.400. The number of rotatable bonds is 0. The Bertz CT molecular complexity index is 153. The van der Waals surface area contributed by atoms with Crippen LogP contribution in [0.1, 0.15) is 6.92 Å².